The first-order valence-corrected chi connectivity index (χ1v) is 9.55. The van der Waals surface area contributed by atoms with Gasteiger partial charge in [-0.3, -0.25) is 14.9 Å². The monoisotopic (exact) mass is 434 g/mol. The molecule has 0 spiro atoms. The summed E-state index contributed by atoms with van der Waals surface area (Å²) in [6.07, 6.45) is 2.08. The Morgan fingerprint density at radius 2 is 2.00 bits per heavy atom. The highest BCUT2D eigenvalue weighted by Gasteiger charge is 2.17. The van der Waals surface area contributed by atoms with Crippen LogP contribution >= 0.6 is 11.6 Å². The first-order valence-electron chi connectivity index (χ1n) is 9.18. The number of carbonyl (C=O) groups excluding carboxylic acids is 2. The summed E-state index contributed by atoms with van der Waals surface area (Å²) in [5, 5.41) is 13.3. The molecule has 1 saturated heterocycles. The third-order valence-corrected chi connectivity index (χ3v) is 4.65. The Morgan fingerprint density at radius 1 is 1.23 bits per heavy atom. The summed E-state index contributed by atoms with van der Waals surface area (Å²) < 4.78 is 16.1. The Morgan fingerprint density at radius 3 is 2.67 bits per heavy atom. The molecule has 0 bridgehead atoms. The predicted molar refractivity (Wildman–Crippen MR) is 108 cm³/mol. The highest BCUT2D eigenvalue weighted by Crippen LogP contribution is 2.26. The van der Waals surface area contributed by atoms with E-state index in [9.17, 15) is 19.7 Å². The van der Waals surface area contributed by atoms with Crippen molar-refractivity contribution in [3.8, 4) is 5.75 Å². The highest BCUT2D eigenvalue weighted by molar-refractivity contribution is 6.33. The fourth-order valence-corrected chi connectivity index (χ4v) is 2.94. The zero-order chi connectivity index (χ0) is 21.5. The van der Waals surface area contributed by atoms with Gasteiger partial charge in [-0.05, 0) is 43.2 Å². The minimum absolute atomic E-state index is 0.0552. The van der Waals surface area contributed by atoms with Gasteiger partial charge in [0.15, 0.2) is 6.61 Å². The van der Waals surface area contributed by atoms with E-state index in [1.54, 1.807) is 12.1 Å². The molecule has 1 aliphatic rings. The van der Waals surface area contributed by atoms with Gasteiger partial charge in [-0.2, -0.15) is 0 Å². The minimum Gasteiger partial charge on any atom is -0.491 e. The molecule has 2 aromatic carbocycles. The summed E-state index contributed by atoms with van der Waals surface area (Å²) >= 11 is 5.92. The van der Waals surface area contributed by atoms with Gasteiger partial charge < -0.3 is 19.5 Å². The van der Waals surface area contributed by atoms with Gasteiger partial charge >= 0.3 is 5.97 Å². The lowest BCUT2D eigenvalue weighted by molar-refractivity contribution is -0.384. The lowest BCUT2D eigenvalue weighted by Crippen LogP contribution is -2.21. The van der Waals surface area contributed by atoms with Crippen LogP contribution in [0, 0.1) is 10.1 Å². The number of amides is 1. The minimum atomic E-state index is -0.694. The highest BCUT2D eigenvalue weighted by atomic mass is 35.5. The zero-order valence-corrected chi connectivity index (χ0v) is 16.6. The average Bonchev–Trinajstić information content (AvgIpc) is 3.26. The van der Waals surface area contributed by atoms with Crippen LogP contribution in [-0.4, -0.2) is 42.7 Å². The topological polar surface area (TPSA) is 117 Å². The molecule has 1 aliphatic heterocycles. The quantitative estimate of drug-likeness (QED) is 0.383. The van der Waals surface area contributed by atoms with E-state index in [0.29, 0.717) is 12.4 Å². The van der Waals surface area contributed by atoms with E-state index in [1.807, 2.05) is 0 Å². The third kappa shape index (κ3) is 5.91. The Kier molecular flexibility index (Phi) is 7.21. The summed E-state index contributed by atoms with van der Waals surface area (Å²) in [5.41, 5.74) is 0.0776. The molecule has 1 unspecified atom stereocenters. The molecule has 10 heteroatoms. The normalized spacial score (nSPS) is 15.4. The number of carbonyl (C=O) groups is 2. The van der Waals surface area contributed by atoms with Crippen LogP contribution in [0.1, 0.15) is 23.2 Å². The van der Waals surface area contributed by atoms with Crippen molar-refractivity contribution in [2.75, 3.05) is 25.1 Å². The molecular formula is C20H19ClN2O7. The van der Waals surface area contributed by atoms with Crippen molar-refractivity contribution < 1.29 is 28.7 Å². The van der Waals surface area contributed by atoms with Crippen molar-refractivity contribution in [2.45, 2.75) is 18.9 Å². The summed E-state index contributed by atoms with van der Waals surface area (Å²) in [6, 6.07) is 9.96. The average molecular weight is 435 g/mol. The van der Waals surface area contributed by atoms with Gasteiger partial charge in [0.2, 0.25) is 0 Å². The number of esters is 1. The van der Waals surface area contributed by atoms with Gasteiger partial charge in [-0.15, -0.1) is 0 Å². The van der Waals surface area contributed by atoms with E-state index in [1.165, 1.54) is 24.3 Å². The van der Waals surface area contributed by atoms with E-state index < -0.39 is 23.4 Å². The van der Waals surface area contributed by atoms with E-state index >= 15 is 0 Å². The van der Waals surface area contributed by atoms with Crippen LogP contribution < -0.4 is 10.1 Å². The van der Waals surface area contributed by atoms with Crippen LogP contribution in [0.2, 0.25) is 5.02 Å². The molecule has 1 amide bonds. The lowest BCUT2D eigenvalue weighted by Gasteiger charge is -2.11. The maximum absolute atomic E-state index is 12.1. The number of nitrogens with zero attached hydrogens (tertiary/aromatic N) is 1. The molecule has 0 aliphatic carbocycles. The number of nitrogens with one attached hydrogen (secondary N) is 1. The molecule has 1 heterocycles. The van der Waals surface area contributed by atoms with Gasteiger partial charge in [-0.25, -0.2) is 4.79 Å². The third-order valence-electron chi connectivity index (χ3n) is 4.32. The van der Waals surface area contributed by atoms with Crippen molar-refractivity contribution in [2.24, 2.45) is 0 Å². The van der Waals surface area contributed by atoms with Gasteiger partial charge in [0.05, 0.1) is 27.3 Å². The zero-order valence-electron chi connectivity index (χ0n) is 15.8. The second kappa shape index (κ2) is 10.0. The standard InChI is InChI=1S/C20H19ClN2O7/c21-17-8-5-14(23(26)27)10-18(17)22-19(24)12-30-20(25)13-3-6-15(7-4-13)29-11-16-2-1-9-28-16/h3-8,10,16H,1-2,9,11-12H2,(H,22,24). The second-order valence-corrected chi connectivity index (χ2v) is 6.92. The smallest absolute Gasteiger partial charge is 0.338 e. The van der Waals surface area contributed by atoms with Crippen LogP contribution in [0.25, 0.3) is 0 Å². The predicted octanol–water partition coefficient (Wildman–Crippen LogP) is 3.60. The molecule has 0 saturated carbocycles. The molecule has 0 aromatic heterocycles. The number of hydrogen-bond donors (Lipinski definition) is 1. The van der Waals surface area contributed by atoms with E-state index in [2.05, 4.69) is 5.32 Å². The molecule has 1 fully saturated rings. The molecule has 0 radical (unpaired) electrons. The number of anilines is 1. The van der Waals surface area contributed by atoms with E-state index in [0.717, 1.165) is 25.5 Å². The first kappa shape index (κ1) is 21.5. The van der Waals surface area contributed by atoms with Gasteiger partial charge in [0.25, 0.3) is 11.6 Å². The van der Waals surface area contributed by atoms with Crippen molar-refractivity contribution in [1.29, 1.82) is 0 Å². The molecule has 1 atom stereocenters. The number of rotatable bonds is 8. The fraction of sp³-hybridized carbons (Fsp3) is 0.300. The summed E-state index contributed by atoms with van der Waals surface area (Å²) in [7, 11) is 0. The lowest BCUT2D eigenvalue weighted by atomic mass is 10.2. The summed E-state index contributed by atoms with van der Waals surface area (Å²) in [6.45, 7) is 0.624. The van der Waals surface area contributed by atoms with Crippen LogP contribution in [-0.2, 0) is 14.3 Å². The number of ether oxygens (including phenoxy) is 3. The molecule has 158 valence electrons. The van der Waals surface area contributed by atoms with Crippen molar-refractivity contribution in [1.82, 2.24) is 0 Å². The molecule has 1 N–H and O–H groups in total. The Labute approximate surface area is 177 Å². The fourth-order valence-electron chi connectivity index (χ4n) is 2.78. The van der Waals surface area contributed by atoms with Crippen LogP contribution in [0.15, 0.2) is 42.5 Å². The SMILES string of the molecule is O=C(COC(=O)c1ccc(OCC2CCCO2)cc1)Nc1cc([N+](=O)[O-])ccc1Cl. The van der Waals surface area contributed by atoms with E-state index in [4.69, 9.17) is 25.8 Å². The number of hydrogen-bond acceptors (Lipinski definition) is 7. The van der Waals surface area contributed by atoms with Gasteiger partial charge in [0.1, 0.15) is 12.4 Å². The van der Waals surface area contributed by atoms with Crippen molar-refractivity contribution in [3.63, 3.8) is 0 Å². The van der Waals surface area contributed by atoms with Crippen molar-refractivity contribution in [3.05, 3.63) is 63.2 Å². The van der Waals surface area contributed by atoms with Crippen molar-refractivity contribution >= 4 is 34.9 Å². The number of nitro benzene ring substituents is 1. The number of nitro groups is 1. The molecule has 3 rings (SSSR count). The second-order valence-electron chi connectivity index (χ2n) is 6.52. The Bertz CT molecular complexity index is 927. The van der Waals surface area contributed by atoms with Crippen LogP contribution in [0.4, 0.5) is 11.4 Å². The first-order chi connectivity index (χ1) is 14.4. The summed E-state index contributed by atoms with van der Waals surface area (Å²) in [5.74, 6) is -0.775. The van der Waals surface area contributed by atoms with Gasteiger partial charge in [0, 0.05) is 18.7 Å². The van der Waals surface area contributed by atoms with Crippen LogP contribution in [0.5, 0.6) is 5.75 Å². The number of non-ortho nitro benzene ring substituents is 1. The Hall–Kier alpha value is -3.17. The maximum atomic E-state index is 12.1. The molecule has 9 nitrogen and oxygen atoms in total. The Balaban J connectivity index is 1.48. The molecular weight excluding hydrogens is 416 g/mol. The number of benzene rings is 2. The van der Waals surface area contributed by atoms with Gasteiger partial charge in [-0.1, -0.05) is 11.6 Å². The number of halogens is 1. The summed E-state index contributed by atoms with van der Waals surface area (Å²) in [4.78, 5) is 34.3. The van der Waals surface area contributed by atoms with Crippen LogP contribution in [0.3, 0.4) is 0 Å². The maximum Gasteiger partial charge on any atom is 0.338 e. The largest absolute Gasteiger partial charge is 0.491 e. The molecule has 2 aromatic rings. The molecule has 30 heavy (non-hydrogen) atoms. The van der Waals surface area contributed by atoms with E-state index in [-0.39, 0.29) is 28.1 Å².